The number of anilines is 2. The van der Waals surface area contributed by atoms with Crippen LogP contribution in [0.25, 0.3) is 0 Å². The fourth-order valence-electron chi connectivity index (χ4n) is 0.837. The summed E-state index contributed by atoms with van der Waals surface area (Å²) in [6.07, 6.45) is 0. The first-order valence-corrected chi connectivity index (χ1v) is 3.19. The highest BCUT2D eigenvalue weighted by molar-refractivity contribution is 5.96. The Bertz CT molecular complexity index is 376. The molecule has 0 radical (unpaired) electrons. The summed E-state index contributed by atoms with van der Waals surface area (Å²) < 4.78 is 0. The second-order valence-corrected chi connectivity index (χ2v) is 2.22. The van der Waals surface area contributed by atoms with E-state index in [0.717, 1.165) is 6.07 Å². The van der Waals surface area contributed by atoms with Gasteiger partial charge in [0.25, 0.3) is 0 Å². The number of aromatic carboxylic acids is 1. The fourth-order valence-corrected chi connectivity index (χ4v) is 0.837. The Labute approximate surface area is 72.3 Å². The average molecular weight is 182 g/mol. The van der Waals surface area contributed by atoms with Crippen LogP contribution in [0.3, 0.4) is 0 Å². The van der Waals surface area contributed by atoms with Gasteiger partial charge in [-0.25, -0.2) is 9.78 Å². The van der Waals surface area contributed by atoms with Crippen LogP contribution in [0, 0.1) is 4.91 Å². The van der Waals surface area contributed by atoms with Crippen molar-refractivity contribution in [3.05, 3.63) is 16.5 Å². The van der Waals surface area contributed by atoms with E-state index in [9.17, 15) is 9.70 Å². The van der Waals surface area contributed by atoms with Crippen molar-refractivity contribution < 1.29 is 9.90 Å². The van der Waals surface area contributed by atoms with Crippen molar-refractivity contribution in [3.8, 4) is 0 Å². The molecule has 0 bridgehead atoms. The van der Waals surface area contributed by atoms with E-state index >= 15 is 0 Å². The Kier molecular flexibility index (Phi) is 2.09. The van der Waals surface area contributed by atoms with Gasteiger partial charge in [0.05, 0.1) is 5.56 Å². The number of nitrogen functional groups attached to an aromatic ring is 2. The number of carbonyl (C=O) groups is 1. The van der Waals surface area contributed by atoms with Crippen molar-refractivity contribution in [1.29, 1.82) is 0 Å². The molecule has 0 saturated heterocycles. The van der Waals surface area contributed by atoms with Gasteiger partial charge in [-0.2, -0.15) is 0 Å². The number of hydrogen-bond donors (Lipinski definition) is 3. The highest BCUT2D eigenvalue weighted by atomic mass is 16.4. The highest BCUT2D eigenvalue weighted by Gasteiger charge is 2.15. The van der Waals surface area contributed by atoms with E-state index in [1.54, 1.807) is 0 Å². The van der Waals surface area contributed by atoms with E-state index in [1.807, 2.05) is 0 Å². The molecule has 0 fully saturated rings. The Balaban J connectivity index is 3.46. The number of pyridine rings is 1. The van der Waals surface area contributed by atoms with Crippen LogP contribution in [0.2, 0.25) is 0 Å². The molecule has 13 heavy (non-hydrogen) atoms. The molecule has 0 unspecified atom stereocenters. The highest BCUT2D eigenvalue weighted by Crippen LogP contribution is 2.26. The maximum atomic E-state index is 10.5. The molecule has 1 rings (SSSR count). The van der Waals surface area contributed by atoms with Gasteiger partial charge in [0.1, 0.15) is 5.82 Å². The minimum atomic E-state index is -1.32. The second-order valence-electron chi connectivity index (χ2n) is 2.22. The zero-order valence-corrected chi connectivity index (χ0v) is 6.39. The third-order valence-corrected chi connectivity index (χ3v) is 1.36. The van der Waals surface area contributed by atoms with Gasteiger partial charge < -0.3 is 16.6 Å². The van der Waals surface area contributed by atoms with E-state index in [2.05, 4.69) is 10.2 Å². The van der Waals surface area contributed by atoms with Gasteiger partial charge in [-0.3, -0.25) is 0 Å². The van der Waals surface area contributed by atoms with Crippen molar-refractivity contribution in [2.75, 3.05) is 11.5 Å². The molecule has 0 saturated carbocycles. The molecule has 1 aromatic rings. The number of aromatic nitrogens is 1. The molecule has 1 heterocycles. The van der Waals surface area contributed by atoms with Crippen molar-refractivity contribution in [3.63, 3.8) is 0 Å². The smallest absolute Gasteiger partial charge is 0.338 e. The van der Waals surface area contributed by atoms with E-state index in [1.165, 1.54) is 0 Å². The number of rotatable bonds is 2. The Morgan fingerprint density at radius 2 is 2.15 bits per heavy atom. The van der Waals surface area contributed by atoms with Crippen LogP contribution in [0.4, 0.5) is 17.3 Å². The largest absolute Gasteiger partial charge is 0.478 e. The van der Waals surface area contributed by atoms with Gasteiger partial charge in [0.15, 0.2) is 11.5 Å². The SMILES string of the molecule is Nc1cc(C(=O)O)c(N=O)c(N)n1. The number of hydrogen-bond acceptors (Lipinski definition) is 6. The Morgan fingerprint density at radius 1 is 1.54 bits per heavy atom. The predicted molar refractivity (Wildman–Crippen MR) is 45.5 cm³/mol. The van der Waals surface area contributed by atoms with E-state index in [4.69, 9.17) is 16.6 Å². The quantitative estimate of drug-likeness (QED) is 0.565. The first-order valence-electron chi connectivity index (χ1n) is 3.19. The Morgan fingerprint density at radius 3 is 2.62 bits per heavy atom. The van der Waals surface area contributed by atoms with E-state index in [-0.39, 0.29) is 17.2 Å². The summed E-state index contributed by atoms with van der Waals surface area (Å²) in [6, 6.07) is 1.02. The van der Waals surface area contributed by atoms with Crippen molar-refractivity contribution in [2.45, 2.75) is 0 Å². The summed E-state index contributed by atoms with van der Waals surface area (Å²) in [4.78, 5) is 24.2. The van der Waals surface area contributed by atoms with Gasteiger partial charge in [0, 0.05) is 0 Å². The lowest BCUT2D eigenvalue weighted by Gasteiger charge is -2.01. The van der Waals surface area contributed by atoms with E-state index in [0.29, 0.717) is 0 Å². The zero-order chi connectivity index (χ0) is 10.0. The number of nitrogens with two attached hydrogens (primary N) is 2. The monoisotopic (exact) mass is 182 g/mol. The fraction of sp³-hybridized carbons (Fsp3) is 0. The van der Waals surface area contributed by atoms with Crippen LogP contribution in [0.5, 0.6) is 0 Å². The van der Waals surface area contributed by atoms with Crippen LogP contribution in [0.1, 0.15) is 10.4 Å². The number of nitrogens with zero attached hydrogens (tertiary/aromatic N) is 2. The lowest BCUT2D eigenvalue weighted by Crippen LogP contribution is -2.04. The molecular formula is C6H6N4O3. The first-order chi connectivity index (χ1) is 6.06. The molecule has 0 aliphatic heterocycles. The average Bonchev–Trinajstić information content (AvgIpc) is 2.02. The molecular weight excluding hydrogens is 176 g/mol. The summed E-state index contributed by atoms with van der Waals surface area (Å²) in [7, 11) is 0. The second kappa shape index (κ2) is 3.05. The van der Waals surface area contributed by atoms with E-state index < -0.39 is 11.7 Å². The summed E-state index contributed by atoms with van der Waals surface area (Å²) in [5, 5.41) is 11.1. The molecule has 7 nitrogen and oxygen atoms in total. The van der Waals surface area contributed by atoms with Gasteiger partial charge >= 0.3 is 5.97 Å². The number of nitroso groups, excluding NO2 is 1. The maximum absolute atomic E-state index is 10.5. The van der Waals surface area contributed by atoms with Crippen LogP contribution in [-0.4, -0.2) is 16.1 Å². The molecule has 1 aromatic heterocycles. The molecule has 68 valence electrons. The minimum absolute atomic E-state index is 0.0673. The minimum Gasteiger partial charge on any atom is -0.478 e. The molecule has 0 amide bonds. The molecule has 5 N–H and O–H groups in total. The number of carboxylic acid groups (broad SMARTS) is 1. The van der Waals surface area contributed by atoms with Gasteiger partial charge in [-0.05, 0) is 11.2 Å². The molecule has 7 heteroatoms. The standard InChI is InChI=1S/C6H6N4O3/c7-3-1-2(6(11)12)4(10-13)5(8)9-3/h1H,(H,11,12)(H4,7,8,9). The molecule has 0 aliphatic carbocycles. The molecule has 0 aromatic carbocycles. The molecule has 0 atom stereocenters. The molecule has 0 spiro atoms. The lowest BCUT2D eigenvalue weighted by molar-refractivity contribution is 0.0698. The zero-order valence-electron chi connectivity index (χ0n) is 6.39. The summed E-state index contributed by atoms with van der Waals surface area (Å²) in [5.74, 6) is -1.68. The van der Waals surface area contributed by atoms with Crippen molar-refractivity contribution in [2.24, 2.45) is 5.18 Å². The lowest BCUT2D eigenvalue weighted by atomic mass is 10.2. The van der Waals surface area contributed by atoms with Gasteiger partial charge in [-0.1, -0.05) is 0 Å². The summed E-state index contributed by atoms with van der Waals surface area (Å²) in [6.45, 7) is 0. The molecule has 0 aliphatic rings. The topological polar surface area (TPSA) is 132 Å². The third-order valence-electron chi connectivity index (χ3n) is 1.36. The Hall–Kier alpha value is -2.18. The maximum Gasteiger partial charge on any atom is 0.338 e. The van der Waals surface area contributed by atoms with Gasteiger partial charge in [-0.15, -0.1) is 4.91 Å². The number of carboxylic acids is 1. The van der Waals surface area contributed by atoms with Gasteiger partial charge in [0.2, 0.25) is 0 Å². The first kappa shape index (κ1) is 8.91. The van der Waals surface area contributed by atoms with Crippen LogP contribution in [-0.2, 0) is 0 Å². The normalized spacial score (nSPS) is 9.54. The van der Waals surface area contributed by atoms with Crippen LogP contribution in [0.15, 0.2) is 11.2 Å². The van der Waals surface area contributed by atoms with Crippen molar-refractivity contribution >= 4 is 23.3 Å². The van der Waals surface area contributed by atoms with Crippen LogP contribution >= 0.6 is 0 Å². The summed E-state index contributed by atoms with van der Waals surface area (Å²) in [5.41, 5.74) is 9.70. The third kappa shape index (κ3) is 1.53. The van der Waals surface area contributed by atoms with Crippen LogP contribution < -0.4 is 11.5 Å². The summed E-state index contributed by atoms with van der Waals surface area (Å²) >= 11 is 0. The predicted octanol–water partition coefficient (Wildman–Crippen LogP) is 0.342. The van der Waals surface area contributed by atoms with Crippen molar-refractivity contribution in [1.82, 2.24) is 4.98 Å².